The fraction of sp³-hybridized carbons (Fsp3) is 1.00. The van der Waals surface area contributed by atoms with Crippen LogP contribution in [0.2, 0.25) is 0 Å². The normalized spacial score (nSPS) is 48.8. The highest BCUT2D eigenvalue weighted by Gasteiger charge is 2.60. The van der Waals surface area contributed by atoms with E-state index in [1.165, 1.54) is 122 Å². The van der Waals surface area contributed by atoms with Crippen LogP contribution in [0.3, 0.4) is 0 Å². The first-order chi connectivity index (χ1) is 16.4. The average molecular weight is 456 g/mol. The Morgan fingerprint density at radius 3 is 1.82 bits per heavy atom. The fourth-order valence-corrected chi connectivity index (χ4v) is 10.4. The highest BCUT2D eigenvalue weighted by atomic mass is 16.5. The van der Waals surface area contributed by atoms with Gasteiger partial charge in [-0.2, -0.15) is 0 Å². The first-order valence-corrected chi connectivity index (χ1v) is 15.5. The van der Waals surface area contributed by atoms with Gasteiger partial charge >= 0.3 is 0 Å². The SMILES string of the molecule is C1CCC(N(C2CCCCC2)C2CCCC3C4CCC5OC6CCCCC6C5C4OC32)CC1. The summed E-state index contributed by atoms with van der Waals surface area (Å²) < 4.78 is 14.1. The summed E-state index contributed by atoms with van der Waals surface area (Å²) in [5.74, 6) is 3.20. The van der Waals surface area contributed by atoms with Crippen molar-refractivity contribution in [1.29, 1.82) is 0 Å². The predicted molar refractivity (Wildman–Crippen MR) is 132 cm³/mol. The number of hydrogen-bond acceptors (Lipinski definition) is 3. The second kappa shape index (κ2) is 9.40. The van der Waals surface area contributed by atoms with Crippen molar-refractivity contribution in [3.63, 3.8) is 0 Å². The van der Waals surface area contributed by atoms with E-state index in [2.05, 4.69) is 4.90 Å². The van der Waals surface area contributed by atoms with Crippen LogP contribution in [0.4, 0.5) is 0 Å². The van der Waals surface area contributed by atoms with Gasteiger partial charge in [-0.05, 0) is 82.0 Å². The molecule has 2 saturated heterocycles. The minimum atomic E-state index is 0.519. The van der Waals surface area contributed by atoms with Gasteiger partial charge in [0.25, 0.3) is 0 Å². The number of rotatable bonds is 3. The Balaban J connectivity index is 1.16. The molecule has 7 aliphatic rings. The van der Waals surface area contributed by atoms with Crippen LogP contribution in [0.25, 0.3) is 0 Å². The van der Waals surface area contributed by atoms with Gasteiger partial charge in [-0.1, -0.05) is 57.8 Å². The van der Waals surface area contributed by atoms with Gasteiger partial charge in [-0.25, -0.2) is 0 Å². The molecule has 3 nitrogen and oxygen atoms in total. The molecule has 5 aliphatic carbocycles. The molecule has 0 aromatic carbocycles. The van der Waals surface area contributed by atoms with E-state index >= 15 is 0 Å². The van der Waals surface area contributed by atoms with Crippen LogP contribution < -0.4 is 0 Å². The number of nitrogens with zero attached hydrogens (tertiary/aromatic N) is 1. The van der Waals surface area contributed by atoms with Crippen molar-refractivity contribution < 1.29 is 9.47 Å². The van der Waals surface area contributed by atoms with Gasteiger partial charge in [0.05, 0.1) is 24.4 Å². The van der Waals surface area contributed by atoms with Crippen LogP contribution >= 0.6 is 0 Å². The Morgan fingerprint density at radius 1 is 0.424 bits per heavy atom. The number of ether oxygens (including phenoxy) is 2. The quantitative estimate of drug-likeness (QED) is 0.463. The standard InChI is InChI=1S/C30H49NO2/c1-3-10-20(11-4-1)31(21-12-5-2-6-13-21)25-16-9-15-22-23-18-19-27-28(30(23)33-29(22)25)24-14-7-8-17-26(24)32-27/h20-30H,1-19H2. The first kappa shape index (κ1) is 22.1. The number of hydrogen-bond donors (Lipinski definition) is 0. The van der Waals surface area contributed by atoms with Crippen molar-refractivity contribution in [2.45, 2.75) is 165 Å². The molecule has 33 heavy (non-hydrogen) atoms. The van der Waals surface area contributed by atoms with E-state index in [9.17, 15) is 0 Å². The highest BCUT2D eigenvalue weighted by Crippen LogP contribution is 2.57. The summed E-state index contributed by atoms with van der Waals surface area (Å²) in [6.45, 7) is 0. The molecule has 3 heteroatoms. The van der Waals surface area contributed by atoms with Crippen molar-refractivity contribution in [3.05, 3.63) is 0 Å². The van der Waals surface area contributed by atoms with Gasteiger partial charge in [0.2, 0.25) is 0 Å². The summed E-state index contributed by atoms with van der Waals surface area (Å²) >= 11 is 0. The van der Waals surface area contributed by atoms with Crippen LogP contribution in [0.15, 0.2) is 0 Å². The fourth-order valence-electron chi connectivity index (χ4n) is 10.4. The molecule has 0 aromatic heterocycles. The zero-order valence-corrected chi connectivity index (χ0v) is 21.0. The summed E-state index contributed by atoms with van der Waals surface area (Å²) in [5, 5.41) is 0. The molecule has 0 amide bonds. The Bertz CT molecular complexity index is 652. The molecule has 0 N–H and O–H groups in total. The van der Waals surface area contributed by atoms with Crippen molar-refractivity contribution in [2.75, 3.05) is 0 Å². The zero-order valence-electron chi connectivity index (χ0n) is 21.0. The topological polar surface area (TPSA) is 21.7 Å². The molecular formula is C30H49NO2. The Morgan fingerprint density at radius 2 is 1.06 bits per heavy atom. The van der Waals surface area contributed by atoms with Gasteiger partial charge in [-0.15, -0.1) is 0 Å². The highest BCUT2D eigenvalue weighted by molar-refractivity contribution is 5.09. The largest absolute Gasteiger partial charge is 0.374 e. The Kier molecular flexibility index (Phi) is 6.29. The summed E-state index contributed by atoms with van der Waals surface area (Å²) in [6, 6.07) is 2.41. The molecule has 0 spiro atoms. The minimum Gasteiger partial charge on any atom is -0.374 e. The summed E-state index contributed by atoms with van der Waals surface area (Å²) in [4.78, 5) is 3.15. The maximum Gasteiger partial charge on any atom is 0.0766 e. The zero-order chi connectivity index (χ0) is 21.8. The average Bonchev–Trinajstić information content (AvgIpc) is 3.44. The van der Waals surface area contributed by atoms with Crippen molar-refractivity contribution >= 4 is 0 Å². The van der Waals surface area contributed by atoms with Gasteiger partial charge < -0.3 is 9.47 Å². The molecule has 7 fully saturated rings. The Hall–Kier alpha value is -0.120. The molecule has 2 aliphatic heterocycles. The lowest BCUT2D eigenvalue weighted by atomic mass is 9.64. The van der Waals surface area contributed by atoms with Crippen LogP contribution in [-0.4, -0.2) is 47.4 Å². The second-order valence-corrected chi connectivity index (χ2v) is 13.2. The van der Waals surface area contributed by atoms with Gasteiger partial charge in [0.1, 0.15) is 0 Å². The molecular weight excluding hydrogens is 406 g/mol. The number of fused-ring (bicyclic) bond motifs is 7. The van der Waals surface area contributed by atoms with E-state index in [0.29, 0.717) is 30.5 Å². The van der Waals surface area contributed by atoms with Crippen molar-refractivity contribution in [3.8, 4) is 0 Å². The van der Waals surface area contributed by atoms with E-state index in [4.69, 9.17) is 9.47 Å². The summed E-state index contributed by atoms with van der Waals surface area (Å²) in [6.07, 6.45) is 29.3. The van der Waals surface area contributed by atoms with E-state index < -0.39 is 0 Å². The molecule has 0 radical (unpaired) electrons. The third kappa shape index (κ3) is 3.86. The van der Waals surface area contributed by atoms with Crippen LogP contribution in [0.5, 0.6) is 0 Å². The third-order valence-electron chi connectivity index (χ3n) is 11.7. The lowest BCUT2D eigenvalue weighted by molar-refractivity contribution is -0.101. The van der Waals surface area contributed by atoms with E-state index in [-0.39, 0.29) is 0 Å². The van der Waals surface area contributed by atoms with Gasteiger partial charge in [-0.3, -0.25) is 4.90 Å². The lowest BCUT2D eigenvalue weighted by Gasteiger charge is -2.50. The summed E-state index contributed by atoms with van der Waals surface area (Å²) in [7, 11) is 0. The van der Waals surface area contributed by atoms with E-state index in [0.717, 1.165) is 35.8 Å². The molecule has 5 saturated carbocycles. The maximum atomic E-state index is 7.39. The maximum absolute atomic E-state index is 7.39. The molecule has 0 bridgehead atoms. The molecule has 9 unspecified atom stereocenters. The Labute approximate surface area is 202 Å². The molecule has 0 aromatic rings. The van der Waals surface area contributed by atoms with Gasteiger partial charge in [0.15, 0.2) is 0 Å². The van der Waals surface area contributed by atoms with Crippen LogP contribution in [-0.2, 0) is 9.47 Å². The van der Waals surface area contributed by atoms with Gasteiger partial charge in [0, 0.05) is 24.0 Å². The van der Waals surface area contributed by atoms with Crippen molar-refractivity contribution in [1.82, 2.24) is 4.90 Å². The molecule has 2 heterocycles. The molecule has 7 rings (SSSR count). The smallest absolute Gasteiger partial charge is 0.0766 e. The van der Waals surface area contributed by atoms with E-state index in [1.807, 2.05) is 0 Å². The van der Waals surface area contributed by atoms with E-state index in [1.54, 1.807) is 0 Å². The second-order valence-electron chi connectivity index (χ2n) is 13.2. The van der Waals surface area contributed by atoms with Crippen LogP contribution in [0.1, 0.15) is 122 Å². The summed E-state index contributed by atoms with van der Waals surface area (Å²) in [5.41, 5.74) is 0. The lowest BCUT2D eigenvalue weighted by Crippen LogP contribution is -2.57. The van der Waals surface area contributed by atoms with Crippen molar-refractivity contribution in [2.24, 2.45) is 23.7 Å². The third-order valence-corrected chi connectivity index (χ3v) is 11.7. The monoisotopic (exact) mass is 455 g/mol. The molecule has 9 atom stereocenters. The minimum absolute atomic E-state index is 0.519. The molecule has 186 valence electrons. The van der Waals surface area contributed by atoms with Crippen LogP contribution in [0, 0.1) is 23.7 Å². The predicted octanol–water partition coefficient (Wildman–Crippen LogP) is 6.87. The first-order valence-electron chi connectivity index (χ1n) is 15.5.